The average molecular weight is 136 g/mol. The largest absolute Gasteiger partial charge is 0.393 e. The highest BCUT2D eigenvalue weighted by Crippen LogP contribution is 2.47. The van der Waals surface area contributed by atoms with Gasteiger partial charge in [-0.2, -0.15) is 0 Å². The Labute approximate surface area is 61.4 Å². The smallest absolute Gasteiger partial charge is 0.0608 e. The lowest BCUT2D eigenvalue weighted by Crippen LogP contribution is -2.14. The molecule has 0 unspecified atom stereocenters. The minimum absolute atomic E-state index is 0.0685. The second-order valence-electron chi connectivity index (χ2n) is 3.50. The van der Waals surface area contributed by atoms with Crippen LogP contribution in [0, 0.1) is 30.1 Å². The molecule has 0 aromatic rings. The number of hydrogen-bond acceptors (Lipinski definition) is 1. The Hall–Kier alpha value is -0.480. The van der Waals surface area contributed by atoms with Crippen molar-refractivity contribution >= 4 is 0 Å². The van der Waals surface area contributed by atoms with Crippen LogP contribution in [0.15, 0.2) is 0 Å². The lowest BCUT2D eigenvalue weighted by molar-refractivity contribution is 0.125. The molecule has 54 valence electrons. The van der Waals surface area contributed by atoms with Crippen molar-refractivity contribution in [3.63, 3.8) is 0 Å². The minimum Gasteiger partial charge on any atom is -0.393 e. The van der Waals surface area contributed by atoms with Gasteiger partial charge in [0.2, 0.25) is 0 Å². The van der Waals surface area contributed by atoms with Gasteiger partial charge in [0.05, 0.1) is 6.10 Å². The summed E-state index contributed by atoms with van der Waals surface area (Å²) in [4.78, 5) is 0. The summed E-state index contributed by atoms with van der Waals surface area (Å²) in [7, 11) is 0. The molecule has 0 saturated heterocycles. The zero-order valence-electron chi connectivity index (χ0n) is 5.96. The number of rotatable bonds is 0. The van der Waals surface area contributed by atoms with Crippen molar-refractivity contribution in [2.75, 3.05) is 0 Å². The van der Waals surface area contributed by atoms with Gasteiger partial charge in [0.1, 0.15) is 0 Å². The predicted molar refractivity (Wildman–Crippen MR) is 39.2 cm³/mol. The molecular weight excluding hydrogens is 124 g/mol. The van der Waals surface area contributed by atoms with E-state index >= 15 is 0 Å². The molecule has 10 heavy (non-hydrogen) atoms. The fourth-order valence-corrected chi connectivity index (χ4v) is 2.49. The number of aliphatic hydroxyl groups is 1. The van der Waals surface area contributed by atoms with E-state index in [-0.39, 0.29) is 6.10 Å². The van der Waals surface area contributed by atoms with Crippen molar-refractivity contribution in [2.24, 2.45) is 17.8 Å². The molecule has 0 heterocycles. The zero-order chi connectivity index (χ0) is 7.14. The van der Waals surface area contributed by atoms with Crippen LogP contribution in [0.4, 0.5) is 0 Å². The molecule has 1 nitrogen and oxygen atoms in total. The van der Waals surface area contributed by atoms with Crippen LogP contribution in [0.2, 0.25) is 0 Å². The molecule has 0 aromatic carbocycles. The Morgan fingerprint density at radius 1 is 1.40 bits per heavy atom. The van der Waals surface area contributed by atoms with E-state index in [1.807, 2.05) is 0 Å². The molecule has 0 spiro atoms. The van der Waals surface area contributed by atoms with E-state index < -0.39 is 0 Å². The molecule has 1 heteroatoms. The molecule has 0 radical (unpaired) electrons. The molecule has 0 aromatic heterocycles. The maximum atomic E-state index is 9.53. The summed E-state index contributed by atoms with van der Waals surface area (Å²) in [6.45, 7) is 0. The summed E-state index contributed by atoms with van der Waals surface area (Å²) in [5, 5.41) is 9.53. The molecule has 0 amide bonds. The van der Waals surface area contributed by atoms with Crippen LogP contribution in [0.3, 0.4) is 0 Å². The first kappa shape index (κ1) is 6.24. The number of hydrogen-bond donors (Lipinski definition) is 1. The van der Waals surface area contributed by atoms with Crippen molar-refractivity contribution in [3.05, 3.63) is 0 Å². The summed E-state index contributed by atoms with van der Waals surface area (Å²) in [5.74, 6) is 4.12. The van der Waals surface area contributed by atoms with Gasteiger partial charge in [0.25, 0.3) is 0 Å². The topological polar surface area (TPSA) is 20.2 Å². The van der Waals surface area contributed by atoms with Crippen LogP contribution in [-0.4, -0.2) is 11.2 Å². The third kappa shape index (κ3) is 0.630. The summed E-state index contributed by atoms with van der Waals surface area (Å²) >= 11 is 0. The van der Waals surface area contributed by atoms with Crippen molar-refractivity contribution in [3.8, 4) is 12.3 Å². The van der Waals surface area contributed by atoms with E-state index in [9.17, 15) is 5.11 Å². The van der Waals surface area contributed by atoms with Crippen molar-refractivity contribution in [1.82, 2.24) is 0 Å². The van der Waals surface area contributed by atoms with Gasteiger partial charge in [0, 0.05) is 5.92 Å². The monoisotopic (exact) mass is 136 g/mol. The molecule has 2 bridgehead atoms. The van der Waals surface area contributed by atoms with Gasteiger partial charge in [0.15, 0.2) is 0 Å². The lowest BCUT2D eigenvalue weighted by atomic mass is 9.90. The van der Waals surface area contributed by atoms with Gasteiger partial charge in [-0.25, -0.2) is 0 Å². The van der Waals surface area contributed by atoms with E-state index in [0.717, 1.165) is 12.8 Å². The first-order chi connectivity index (χ1) is 4.83. The Morgan fingerprint density at radius 3 is 2.50 bits per heavy atom. The first-order valence-electron chi connectivity index (χ1n) is 3.97. The highest BCUT2D eigenvalue weighted by atomic mass is 16.3. The van der Waals surface area contributed by atoms with Crippen molar-refractivity contribution in [1.29, 1.82) is 0 Å². The SMILES string of the molecule is C#C[C@H]1C[C@H]2CC[C@@H]1[C@H]2O. The lowest BCUT2D eigenvalue weighted by Gasteiger charge is -2.14. The predicted octanol–water partition coefficient (Wildman–Crippen LogP) is 1.03. The summed E-state index contributed by atoms with van der Waals surface area (Å²) in [6, 6.07) is 0. The van der Waals surface area contributed by atoms with Crippen LogP contribution in [0.25, 0.3) is 0 Å². The zero-order valence-corrected chi connectivity index (χ0v) is 5.96. The maximum absolute atomic E-state index is 9.53. The van der Waals surface area contributed by atoms with Crippen LogP contribution in [0.1, 0.15) is 19.3 Å². The molecular formula is C9H12O. The van der Waals surface area contributed by atoms with Gasteiger partial charge >= 0.3 is 0 Å². The summed E-state index contributed by atoms with van der Waals surface area (Å²) in [6.07, 6.45) is 8.68. The van der Waals surface area contributed by atoms with Gasteiger partial charge in [-0.3, -0.25) is 0 Å². The van der Waals surface area contributed by atoms with E-state index in [4.69, 9.17) is 6.42 Å². The highest BCUT2D eigenvalue weighted by molar-refractivity contribution is 5.08. The van der Waals surface area contributed by atoms with Gasteiger partial charge in [-0.15, -0.1) is 12.3 Å². The average Bonchev–Trinajstić information content (AvgIpc) is 2.46. The van der Waals surface area contributed by atoms with Crippen LogP contribution < -0.4 is 0 Å². The van der Waals surface area contributed by atoms with Gasteiger partial charge in [-0.05, 0) is 31.1 Å². The standard InChI is InChI=1S/C9H12O/c1-2-6-5-7-3-4-8(6)9(7)10/h1,6-10H,3-5H2/t6-,7+,8-,9-/m0/s1. The summed E-state index contributed by atoms with van der Waals surface area (Å²) in [5.41, 5.74) is 0. The Balaban J connectivity index is 2.17. The molecule has 2 aliphatic carbocycles. The molecule has 0 aliphatic heterocycles. The van der Waals surface area contributed by atoms with Crippen molar-refractivity contribution in [2.45, 2.75) is 25.4 Å². The normalized spacial score (nSPS) is 51.2. The number of terminal acetylenes is 1. The van der Waals surface area contributed by atoms with Crippen LogP contribution in [-0.2, 0) is 0 Å². The van der Waals surface area contributed by atoms with Crippen LogP contribution in [0.5, 0.6) is 0 Å². The molecule has 4 atom stereocenters. The fourth-order valence-electron chi connectivity index (χ4n) is 2.49. The third-order valence-electron chi connectivity index (χ3n) is 3.08. The summed E-state index contributed by atoms with van der Waals surface area (Å²) < 4.78 is 0. The van der Waals surface area contributed by atoms with Gasteiger partial charge in [-0.1, -0.05) is 0 Å². The van der Waals surface area contributed by atoms with E-state index in [2.05, 4.69) is 5.92 Å². The maximum Gasteiger partial charge on any atom is 0.0608 e. The van der Waals surface area contributed by atoms with E-state index in [1.54, 1.807) is 0 Å². The number of aliphatic hydroxyl groups excluding tert-OH is 1. The molecule has 2 rings (SSSR count). The molecule has 2 fully saturated rings. The molecule has 2 saturated carbocycles. The minimum atomic E-state index is -0.0685. The van der Waals surface area contributed by atoms with E-state index in [0.29, 0.717) is 17.8 Å². The Bertz CT molecular complexity index is 180. The van der Waals surface area contributed by atoms with Gasteiger partial charge < -0.3 is 5.11 Å². The first-order valence-corrected chi connectivity index (χ1v) is 3.97. The van der Waals surface area contributed by atoms with E-state index in [1.165, 1.54) is 6.42 Å². The fraction of sp³-hybridized carbons (Fsp3) is 0.778. The Kier molecular flexibility index (Phi) is 1.25. The Morgan fingerprint density at radius 2 is 2.20 bits per heavy atom. The quantitative estimate of drug-likeness (QED) is 0.493. The van der Waals surface area contributed by atoms with Crippen LogP contribution >= 0.6 is 0 Å². The number of fused-ring (bicyclic) bond motifs is 2. The highest BCUT2D eigenvalue weighted by Gasteiger charge is 2.46. The molecule has 1 N–H and O–H groups in total. The second-order valence-corrected chi connectivity index (χ2v) is 3.50. The second kappa shape index (κ2) is 2.00. The third-order valence-corrected chi connectivity index (χ3v) is 3.08. The molecule has 2 aliphatic rings. The van der Waals surface area contributed by atoms with Crippen molar-refractivity contribution < 1.29 is 5.11 Å².